The SMILES string of the molecule is CCCC1=C(C(=O)OCC)[C@H](c2ccc3c(c2)OCO3)n2c(s/c(=C/c3cc(C)n(-c4sc5c(c4C#N)CCCC5)c3C)c2=O)=N1. The fourth-order valence-corrected chi connectivity index (χ4v) is 9.19. The zero-order chi connectivity index (χ0) is 32.1. The number of nitriles is 1. The molecule has 0 N–H and O–H groups in total. The minimum absolute atomic E-state index is 0.117. The van der Waals surface area contributed by atoms with Crippen molar-refractivity contribution < 1.29 is 19.0 Å². The second kappa shape index (κ2) is 12.1. The van der Waals surface area contributed by atoms with Crippen LogP contribution >= 0.6 is 22.7 Å². The number of fused-ring (bicyclic) bond motifs is 3. The first-order chi connectivity index (χ1) is 22.3. The quantitative estimate of drug-likeness (QED) is 0.243. The second-order valence-electron chi connectivity index (χ2n) is 11.7. The summed E-state index contributed by atoms with van der Waals surface area (Å²) >= 11 is 3.02. The molecule has 9 nitrogen and oxygen atoms in total. The summed E-state index contributed by atoms with van der Waals surface area (Å²) in [6.07, 6.45) is 7.46. The maximum absolute atomic E-state index is 14.3. The molecule has 0 amide bonds. The van der Waals surface area contributed by atoms with E-state index < -0.39 is 12.0 Å². The number of rotatable bonds is 7. The smallest absolute Gasteiger partial charge is 0.338 e. The van der Waals surface area contributed by atoms with Crippen LogP contribution in [0, 0.1) is 25.2 Å². The molecule has 0 radical (unpaired) electrons. The zero-order valence-electron chi connectivity index (χ0n) is 26.3. The maximum Gasteiger partial charge on any atom is 0.338 e. The van der Waals surface area contributed by atoms with Crippen LogP contribution in [0.2, 0.25) is 0 Å². The first-order valence-corrected chi connectivity index (χ1v) is 17.3. The van der Waals surface area contributed by atoms with Gasteiger partial charge in [0.25, 0.3) is 5.56 Å². The number of nitrogens with zero attached hydrogens (tertiary/aromatic N) is 4. The lowest BCUT2D eigenvalue weighted by Crippen LogP contribution is -2.40. The molecule has 0 bridgehead atoms. The molecule has 5 heterocycles. The number of hydrogen-bond donors (Lipinski definition) is 0. The van der Waals surface area contributed by atoms with E-state index >= 15 is 0 Å². The van der Waals surface area contributed by atoms with Crippen LogP contribution in [0.25, 0.3) is 11.1 Å². The molecule has 3 aromatic heterocycles. The minimum atomic E-state index is -0.739. The van der Waals surface area contributed by atoms with Crippen LogP contribution < -0.4 is 24.4 Å². The van der Waals surface area contributed by atoms with Crippen molar-refractivity contribution in [1.82, 2.24) is 9.13 Å². The van der Waals surface area contributed by atoms with Gasteiger partial charge < -0.3 is 18.8 Å². The number of aryl methyl sites for hydroxylation is 2. The second-order valence-corrected chi connectivity index (χ2v) is 13.8. The van der Waals surface area contributed by atoms with E-state index in [0.29, 0.717) is 44.1 Å². The summed E-state index contributed by atoms with van der Waals surface area (Å²) in [6, 6.07) is 9.32. The van der Waals surface area contributed by atoms with Gasteiger partial charge in [-0.05, 0) is 93.8 Å². The van der Waals surface area contributed by atoms with Gasteiger partial charge in [0.1, 0.15) is 11.1 Å². The Morgan fingerprint density at radius 2 is 1.96 bits per heavy atom. The fraction of sp³-hybridized carbons (Fsp3) is 0.371. The molecule has 4 aromatic rings. The predicted molar refractivity (Wildman–Crippen MR) is 177 cm³/mol. The summed E-state index contributed by atoms with van der Waals surface area (Å²) in [5, 5.41) is 11.1. The molecule has 0 fully saturated rings. The Morgan fingerprint density at radius 1 is 1.15 bits per heavy atom. The molecule has 46 heavy (non-hydrogen) atoms. The number of ether oxygens (including phenoxy) is 3. The van der Waals surface area contributed by atoms with Crippen LogP contribution in [0.5, 0.6) is 11.5 Å². The first kappa shape index (κ1) is 30.3. The number of allylic oxidation sites excluding steroid dienone is 1. The van der Waals surface area contributed by atoms with Crippen molar-refractivity contribution in [2.45, 2.75) is 72.3 Å². The number of carbonyl (C=O) groups is 1. The van der Waals surface area contributed by atoms with E-state index in [1.54, 1.807) is 22.8 Å². The molecule has 7 rings (SSSR count). The highest BCUT2D eigenvalue weighted by Gasteiger charge is 2.35. The molecular weight excluding hydrogens is 621 g/mol. The van der Waals surface area contributed by atoms with Crippen LogP contribution in [-0.4, -0.2) is 28.5 Å². The number of esters is 1. The number of aromatic nitrogens is 2. The van der Waals surface area contributed by atoms with Gasteiger partial charge in [0.15, 0.2) is 16.3 Å². The van der Waals surface area contributed by atoms with Gasteiger partial charge in [-0.25, -0.2) is 9.79 Å². The van der Waals surface area contributed by atoms with Crippen LogP contribution in [0.15, 0.2) is 45.3 Å². The van der Waals surface area contributed by atoms with Gasteiger partial charge >= 0.3 is 5.97 Å². The average Bonchev–Trinajstić information content (AvgIpc) is 3.80. The summed E-state index contributed by atoms with van der Waals surface area (Å²) < 4.78 is 21.0. The normalized spacial score (nSPS) is 17.0. The standard InChI is InChI=1S/C35H34N4O5S2/c1-5-9-25-30(34(41)42-6-2)31(21-12-13-26-27(15-21)44-18-43-26)39-32(40)29(46-35(39)37-25)16-22-14-19(3)38(20(22)4)33-24(17-36)23-10-7-8-11-28(23)45-33/h12-16,31H,5-11,18H2,1-4H3/b29-16+/t31-/m0/s1. The van der Waals surface area contributed by atoms with Crippen LogP contribution in [-0.2, 0) is 22.4 Å². The third kappa shape index (κ3) is 4.91. The molecule has 1 aromatic carbocycles. The average molecular weight is 655 g/mol. The lowest BCUT2D eigenvalue weighted by molar-refractivity contribution is -0.139. The summed E-state index contributed by atoms with van der Waals surface area (Å²) in [6.45, 7) is 8.19. The van der Waals surface area contributed by atoms with E-state index in [2.05, 4.69) is 16.7 Å². The molecule has 0 saturated carbocycles. The van der Waals surface area contributed by atoms with Gasteiger partial charge in [0.05, 0.1) is 34.0 Å². The Labute approximate surface area is 274 Å². The van der Waals surface area contributed by atoms with Crippen molar-refractivity contribution in [2.24, 2.45) is 4.99 Å². The summed E-state index contributed by atoms with van der Waals surface area (Å²) in [5.74, 6) is 0.701. The maximum atomic E-state index is 14.3. The van der Waals surface area contributed by atoms with E-state index in [-0.39, 0.29) is 19.0 Å². The highest BCUT2D eigenvalue weighted by Crippen LogP contribution is 2.40. The molecular formula is C35H34N4O5S2. The number of hydrogen-bond acceptors (Lipinski definition) is 9. The molecule has 236 valence electrons. The van der Waals surface area contributed by atoms with Crippen molar-refractivity contribution in [2.75, 3.05) is 13.4 Å². The van der Waals surface area contributed by atoms with Gasteiger partial charge in [-0.3, -0.25) is 9.36 Å². The Bertz CT molecular complexity index is 2160. The molecule has 0 unspecified atom stereocenters. The lowest BCUT2D eigenvalue weighted by Gasteiger charge is -2.25. The van der Waals surface area contributed by atoms with Crippen LogP contribution in [0.3, 0.4) is 0 Å². The number of thiazole rings is 1. The molecule has 0 spiro atoms. The Balaban J connectivity index is 1.40. The zero-order valence-corrected chi connectivity index (χ0v) is 27.9. The topological polar surface area (TPSA) is 108 Å². The summed E-state index contributed by atoms with van der Waals surface area (Å²) in [7, 11) is 0. The van der Waals surface area contributed by atoms with Crippen molar-refractivity contribution in [3.8, 4) is 22.6 Å². The molecule has 11 heteroatoms. The fourth-order valence-electron chi connectivity index (χ4n) is 6.73. The number of thiophene rings is 1. The van der Waals surface area contributed by atoms with E-state index in [9.17, 15) is 14.9 Å². The molecule has 1 aliphatic carbocycles. The van der Waals surface area contributed by atoms with E-state index in [0.717, 1.165) is 59.6 Å². The van der Waals surface area contributed by atoms with Crippen molar-refractivity contribution in [3.63, 3.8) is 0 Å². The number of benzene rings is 1. The highest BCUT2D eigenvalue weighted by molar-refractivity contribution is 7.15. The predicted octanol–water partition coefficient (Wildman–Crippen LogP) is 5.53. The highest BCUT2D eigenvalue weighted by atomic mass is 32.1. The summed E-state index contributed by atoms with van der Waals surface area (Å²) in [5.41, 5.74) is 6.29. The third-order valence-electron chi connectivity index (χ3n) is 8.83. The Morgan fingerprint density at radius 3 is 2.74 bits per heavy atom. The van der Waals surface area contributed by atoms with Crippen molar-refractivity contribution in [1.29, 1.82) is 5.26 Å². The van der Waals surface area contributed by atoms with E-state index in [1.165, 1.54) is 21.8 Å². The molecule has 0 saturated heterocycles. The summed E-state index contributed by atoms with van der Waals surface area (Å²) in [4.78, 5) is 34.6. The Kier molecular flexibility index (Phi) is 7.95. The monoisotopic (exact) mass is 654 g/mol. The van der Waals surface area contributed by atoms with E-state index in [1.807, 2.05) is 45.0 Å². The lowest BCUT2D eigenvalue weighted by atomic mass is 9.94. The third-order valence-corrected chi connectivity index (χ3v) is 11.1. The molecule has 2 aliphatic heterocycles. The van der Waals surface area contributed by atoms with Gasteiger partial charge in [-0.15, -0.1) is 11.3 Å². The van der Waals surface area contributed by atoms with Gasteiger partial charge in [0.2, 0.25) is 6.79 Å². The van der Waals surface area contributed by atoms with Crippen LogP contribution in [0.1, 0.15) is 84.1 Å². The minimum Gasteiger partial charge on any atom is -0.463 e. The Hall–Kier alpha value is -4.40. The van der Waals surface area contributed by atoms with Gasteiger partial charge in [-0.2, -0.15) is 5.26 Å². The van der Waals surface area contributed by atoms with E-state index in [4.69, 9.17) is 19.2 Å². The van der Waals surface area contributed by atoms with Gasteiger partial charge in [-0.1, -0.05) is 30.7 Å². The molecule has 1 atom stereocenters. The van der Waals surface area contributed by atoms with Crippen molar-refractivity contribution >= 4 is 34.7 Å². The van der Waals surface area contributed by atoms with Crippen LogP contribution in [0.4, 0.5) is 0 Å². The molecule has 3 aliphatic rings. The number of carbonyl (C=O) groups excluding carboxylic acids is 1. The largest absolute Gasteiger partial charge is 0.463 e. The first-order valence-electron chi connectivity index (χ1n) is 15.7. The van der Waals surface area contributed by atoms with Gasteiger partial charge in [0, 0.05) is 16.3 Å². The van der Waals surface area contributed by atoms with Crippen molar-refractivity contribution in [3.05, 3.63) is 93.7 Å².